The van der Waals surface area contributed by atoms with Crippen LogP contribution >= 0.6 is 0 Å². The zero-order chi connectivity index (χ0) is 13.7. The lowest BCUT2D eigenvalue weighted by Gasteiger charge is -2.22. The fraction of sp³-hybridized carbons (Fsp3) is 0.562. The van der Waals surface area contributed by atoms with Gasteiger partial charge in [-0.05, 0) is 49.4 Å². The monoisotopic (exact) mass is 258 g/mol. The zero-order valence-electron chi connectivity index (χ0n) is 11.9. The van der Waals surface area contributed by atoms with Crippen molar-refractivity contribution in [2.45, 2.75) is 32.7 Å². The number of hydrogen-bond acceptors (Lipinski definition) is 3. The molecule has 0 spiro atoms. The molecule has 1 fully saturated rings. The summed E-state index contributed by atoms with van der Waals surface area (Å²) in [5, 5.41) is 8.99. The summed E-state index contributed by atoms with van der Waals surface area (Å²) in [5.41, 5.74) is 1.83. The van der Waals surface area contributed by atoms with Crippen LogP contribution in [0.2, 0.25) is 0 Å². The van der Waals surface area contributed by atoms with Crippen molar-refractivity contribution < 1.29 is 4.74 Å². The third-order valence-corrected chi connectivity index (χ3v) is 3.55. The van der Waals surface area contributed by atoms with Gasteiger partial charge in [0.05, 0.1) is 12.7 Å². The molecule has 1 saturated carbocycles. The molecule has 2 rings (SSSR count). The Labute approximate surface area is 115 Å². The van der Waals surface area contributed by atoms with Gasteiger partial charge in [-0.1, -0.05) is 13.0 Å². The van der Waals surface area contributed by atoms with Gasteiger partial charge >= 0.3 is 0 Å². The van der Waals surface area contributed by atoms with E-state index in [-0.39, 0.29) is 0 Å². The molecule has 0 saturated heterocycles. The molecule has 0 unspecified atom stereocenters. The molecular weight excluding hydrogens is 236 g/mol. The van der Waals surface area contributed by atoms with Crippen LogP contribution in [-0.2, 0) is 6.54 Å². The first-order chi connectivity index (χ1) is 9.26. The molecule has 1 aliphatic carbocycles. The second-order valence-corrected chi connectivity index (χ2v) is 5.32. The minimum absolute atomic E-state index is 0.607. The maximum absolute atomic E-state index is 8.99. The van der Waals surface area contributed by atoms with Crippen molar-refractivity contribution in [1.29, 1.82) is 5.26 Å². The molecule has 0 aromatic heterocycles. The maximum atomic E-state index is 8.99. The Kier molecular flexibility index (Phi) is 4.81. The van der Waals surface area contributed by atoms with Gasteiger partial charge in [-0.15, -0.1) is 0 Å². The van der Waals surface area contributed by atoms with Crippen LogP contribution < -0.4 is 4.74 Å². The van der Waals surface area contributed by atoms with Crippen molar-refractivity contribution in [3.05, 3.63) is 29.3 Å². The molecular formula is C16H22N2O. The number of ether oxygens (including phenoxy) is 1. The summed E-state index contributed by atoms with van der Waals surface area (Å²) in [7, 11) is 1.62. The second-order valence-electron chi connectivity index (χ2n) is 5.32. The quantitative estimate of drug-likeness (QED) is 0.753. The molecule has 0 bridgehead atoms. The van der Waals surface area contributed by atoms with Gasteiger partial charge in [0.2, 0.25) is 0 Å². The molecule has 3 nitrogen and oxygen atoms in total. The highest BCUT2D eigenvalue weighted by Crippen LogP contribution is 2.30. The first kappa shape index (κ1) is 13.9. The van der Waals surface area contributed by atoms with E-state index in [0.717, 1.165) is 19.0 Å². The molecule has 1 aromatic carbocycles. The predicted molar refractivity (Wildman–Crippen MR) is 76.0 cm³/mol. The van der Waals surface area contributed by atoms with Gasteiger partial charge in [0.1, 0.15) is 11.8 Å². The highest BCUT2D eigenvalue weighted by Gasteiger charge is 2.24. The third-order valence-electron chi connectivity index (χ3n) is 3.55. The Morgan fingerprint density at radius 3 is 2.79 bits per heavy atom. The van der Waals surface area contributed by atoms with Crippen LogP contribution in [0.3, 0.4) is 0 Å². The van der Waals surface area contributed by atoms with E-state index >= 15 is 0 Å². The lowest BCUT2D eigenvalue weighted by molar-refractivity contribution is 0.254. The molecule has 19 heavy (non-hydrogen) atoms. The van der Waals surface area contributed by atoms with E-state index in [4.69, 9.17) is 10.00 Å². The van der Waals surface area contributed by atoms with Crippen molar-refractivity contribution in [2.24, 2.45) is 5.92 Å². The van der Waals surface area contributed by atoms with E-state index in [9.17, 15) is 0 Å². The fourth-order valence-corrected chi connectivity index (χ4v) is 2.40. The summed E-state index contributed by atoms with van der Waals surface area (Å²) in [6.45, 7) is 5.51. The molecule has 1 aliphatic rings. The van der Waals surface area contributed by atoms with E-state index in [2.05, 4.69) is 17.9 Å². The second kappa shape index (κ2) is 6.58. The zero-order valence-corrected chi connectivity index (χ0v) is 11.9. The van der Waals surface area contributed by atoms with Crippen LogP contribution in [0, 0.1) is 17.2 Å². The number of nitriles is 1. The van der Waals surface area contributed by atoms with Crippen LogP contribution in [0.1, 0.15) is 37.3 Å². The number of hydrogen-bond donors (Lipinski definition) is 0. The SMILES string of the molecule is CCCN(Cc1ccc(C#N)c(OC)c1)CC1CC1. The van der Waals surface area contributed by atoms with Crippen LogP contribution in [0.25, 0.3) is 0 Å². The highest BCUT2D eigenvalue weighted by atomic mass is 16.5. The van der Waals surface area contributed by atoms with Gasteiger partial charge in [-0.25, -0.2) is 0 Å². The molecule has 102 valence electrons. The number of methoxy groups -OCH3 is 1. The van der Waals surface area contributed by atoms with E-state index in [0.29, 0.717) is 11.3 Å². The van der Waals surface area contributed by atoms with Crippen molar-refractivity contribution in [3.8, 4) is 11.8 Å². The summed E-state index contributed by atoms with van der Waals surface area (Å²) in [6, 6.07) is 8.04. The molecule has 0 radical (unpaired) electrons. The smallest absolute Gasteiger partial charge is 0.136 e. The normalized spacial score (nSPS) is 14.4. The summed E-state index contributed by atoms with van der Waals surface area (Å²) < 4.78 is 5.27. The van der Waals surface area contributed by atoms with E-state index in [1.165, 1.54) is 31.4 Å². The third kappa shape index (κ3) is 3.97. The largest absolute Gasteiger partial charge is 0.495 e. The minimum Gasteiger partial charge on any atom is -0.495 e. The number of nitrogens with zero attached hydrogens (tertiary/aromatic N) is 2. The summed E-state index contributed by atoms with van der Waals surface area (Å²) in [4.78, 5) is 2.51. The van der Waals surface area contributed by atoms with Gasteiger partial charge < -0.3 is 4.74 Å². The average molecular weight is 258 g/mol. The Hall–Kier alpha value is -1.53. The maximum Gasteiger partial charge on any atom is 0.136 e. The van der Waals surface area contributed by atoms with Crippen LogP contribution in [0.4, 0.5) is 0 Å². The van der Waals surface area contributed by atoms with Crippen molar-refractivity contribution in [1.82, 2.24) is 4.90 Å². The Balaban J connectivity index is 2.05. The Bertz CT molecular complexity index is 460. The predicted octanol–water partition coefficient (Wildman–Crippen LogP) is 3.19. The number of benzene rings is 1. The van der Waals surface area contributed by atoms with Crippen LogP contribution in [0.5, 0.6) is 5.75 Å². The molecule has 0 atom stereocenters. The molecule has 0 N–H and O–H groups in total. The molecule has 3 heteroatoms. The van der Waals surface area contributed by atoms with Gasteiger partial charge in [0.15, 0.2) is 0 Å². The van der Waals surface area contributed by atoms with Gasteiger partial charge in [0.25, 0.3) is 0 Å². The van der Waals surface area contributed by atoms with Crippen LogP contribution in [-0.4, -0.2) is 25.1 Å². The van der Waals surface area contributed by atoms with Gasteiger partial charge in [-0.3, -0.25) is 4.90 Å². The fourth-order valence-electron chi connectivity index (χ4n) is 2.40. The standard InChI is InChI=1S/C16H22N2O/c1-3-8-18(11-13-4-5-13)12-14-6-7-15(10-17)16(9-14)19-2/h6-7,9,13H,3-5,8,11-12H2,1-2H3. The molecule has 0 aliphatic heterocycles. The van der Waals surface area contributed by atoms with Crippen molar-refractivity contribution in [3.63, 3.8) is 0 Å². The molecule has 1 aromatic rings. The molecule has 0 amide bonds. The minimum atomic E-state index is 0.607. The lowest BCUT2D eigenvalue weighted by atomic mass is 10.1. The number of rotatable bonds is 7. The summed E-state index contributed by atoms with van der Waals surface area (Å²) in [5.74, 6) is 1.59. The summed E-state index contributed by atoms with van der Waals surface area (Å²) >= 11 is 0. The van der Waals surface area contributed by atoms with Gasteiger partial charge in [-0.2, -0.15) is 5.26 Å². The van der Waals surface area contributed by atoms with E-state index in [1.54, 1.807) is 7.11 Å². The van der Waals surface area contributed by atoms with E-state index in [1.807, 2.05) is 18.2 Å². The van der Waals surface area contributed by atoms with Crippen LogP contribution in [0.15, 0.2) is 18.2 Å². The highest BCUT2D eigenvalue weighted by molar-refractivity contribution is 5.45. The average Bonchev–Trinajstić information content (AvgIpc) is 3.22. The lowest BCUT2D eigenvalue weighted by Crippen LogP contribution is -2.26. The van der Waals surface area contributed by atoms with Crippen molar-refractivity contribution in [2.75, 3.05) is 20.2 Å². The van der Waals surface area contributed by atoms with E-state index < -0.39 is 0 Å². The topological polar surface area (TPSA) is 36.3 Å². The first-order valence-electron chi connectivity index (χ1n) is 7.06. The van der Waals surface area contributed by atoms with Gasteiger partial charge in [0, 0.05) is 13.1 Å². The molecule has 0 heterocycles. The van der Waals surface area contributed by atoms with Crippen molar-refractivity contribution >= 4 is 0 Å². The Morgan fingerprint density at radius 1 is 1.42 bits per heavy atom. The first-order valence-corrected chi connectivity index (χ1v) is 7.06. The summed E-state index contributed by atoms with van der Waals surface area (Å²) in [6.07, 6.45) is 3.95. The Morgan fingerprint density at radius 2 is 2.21 bits per heavy atom.